The van der Waals surface area contributed by atoms with Gasteiger partial charge in [-0.2, -0.15) is 0 Å². The Balaban J connectivity index is 2.33. The van der Waals surface area contributed by atoms with Crippen LogP contribution in [0.15, 0.2) is 9.98 Å². The molecule has 1 aliphatic rings. The Labute approximate surface area is 95.1 Å². The number of aromatic nitrogens is 1. The Bertz CT molecular complexity index is 429. The topological polar surface area (TPSA) is 50.3 Å². The Morgan fingerprint density at radius 1 is 1.50 bits per heavy atom. The molecular weight excluding hydrogens is 288 g/mol. The summed E-state index contributed by atoms with van der Waals surface area (Å²) < 4.78 is 25.6. The maximum Gasteiger partial charge on any atom is 0.236 e. The van der Waals surface area contributed by atoms with Crippen LogP contribution in [0, 0.1) is 0 Å². The molecule has 0 saturated carbocycles. The summed E-state index contributed by atoms with van der Waals surface area (Å²) in [6.45, 7) is 0.558. The number of halogens is 1. The van der Waals surface area contributed by atoms with Gasteiger partial charge in [0.25, 0.3) is 0 Å². The molecule has 2 rings (SSSR count). The molecule has 1 saturated heterocycles. The molecule has 0 atom stereocenters. The van der Waals surface area contributed by atoms with Gasteiger partial charge in [-0.1, -0.05) is 11.3 Å². The Morgan fingerprint density at radius 2 is 2.29 bits per heavy atom. The highest BCUT2D eigenvalue weighted by Crippen LogP contribution is 2.30. The minimum Gasteiger partial charge on any atom is -0.245 e. The number of hydrogen-bond donors (Lipinski definition) is 0. The molecule has 0 amide bonds. The summed E-state index contributed by atoms with van der Waals surface area (Å²) in [5, 5.41) is 0.566. The van der Waals surface area contributed by atoms with E-state index in [0.29, 0.717) is 11.7 Å². The summed E-state index contributed by atoms with van der Waals surface area (Å²) in [7, 11) is -3.10. The van der Waals surface area contributed by atoms with Crippen molar-refractivity contribution in [2.24, 2.45) is 0 Å². The number of anilines is 1. The van der Waals surface area contributed by atoms with E-state index in [9.17, 15) is 8.42 Å². The van der Waals surface area contributed by atoms with E-state index in [1.165, 1.54) is 15.6 Å². The lowest BCUT2D eigenvalue weighted by molar-refractivity contribution is 0.574. The summed E-state index contributed by atoms with van der Waals surface area (Å²) in [4.78, 5) is 4.05. The monoisotopic (exact) mass is 296 g/mol. The number of sulfonamides is 1. The highest BCUT2D eigenvalue weighted by Gasteiger charge is 2.27. The van der Waals surface area contributed by atoms with E-state index >= 15 is 0 Å². The average molecular weight is 297 g/mol. The van der Waals surface area contributed by atoms with Crippen LogP contribution in [0.25, 0.3) is 0 Å². The zero-order chi connectivity index (χ0) is 10.2. The second-order valence-electron chi connectivity index (χ2n) is 3.04. The van der Waals surface area contributed by atoms with Gasteiger partial charge in [-0.3, -0.25) is 0 Å². The molecule has 14 heavy (non-hydrogen) atoms. The zero-order valence-electron chi connectivity index (χ0n) is 7.31. The number of thiazole rings is 1. The van der Waals surface area contributed by atoms with Gasteiger partial charge in [-0.05, 0) is 28.8 Å². The van der Waals surface area contributed by atoms with Crippen molar-refractivity contribution in [3.63, 3.8) is 0 Å². The van der Waals surface area contributed by atoms with Gasteiger partial charge in [-0.15, -0.1) is 0 Å². The van der Waals surface area contributed by atoms with E-state index < -0.39 is 10.0 Å². The molecule has 1 aromatic heterocycles. The van der Waals surface area contributed by atoms with E-state index in [2.05, 4.69) is 20.9 Å². The number of rotatable bonds is 1. The zero-order valence-corrected chi connectivity index (χ0v) is 10.5. The maximum absolute atomic E-state index is 11.7. The first-order valence-electron chi connectivity index (χ1n) is 4.21. The molecule has 1 aliphatic heterocycles. The van der Waals surface area contributed by atoms with Gasteiger partial charge in [-0.25, -0.2) is 17.7 Å². The van der Waals surface area contributed by atoms with Crippen LogP contribution in [0.2, 0.25) is 0 Å². The van der Waals surface area contributed by atoms with Crippen LogP contribution in [0.3, 0.4) is 0 Å². The normalized spacial score (nSPS) is 21.1. The summed E-state index contributed by atoms with van der Waals surface area (Å²) in [6, 6.07) is 0. The first kappa shape index (κ1) is 10.4. The smallest absolute Gasteiger partial charge is 0.236 e. The van der Waals surface area contributed by atoms with E-state index in [1.807, 2.05) is 0 Å². The van der Waals surface area contributed by atoms with Gasteiger partial charge in [0.1, 0.15) is 0 Å². The molecule has 0 unspecified atom stereocenters. The van der Waals surface area contributed by atoms with Gasteiger partial charge in [0.15, 0.2) is 5.13 Å². The summed E-state index contributed by atoms with van der Waals surface area (Å²) in [6.07, 6.45) is 3.30. The standard InChI is InChI=1S/C7H9BrN2O2S2/c8-6-5-9-7(13-6)10-3-1-2-4-14(10,11)12/h5H,1-4H2. The molecule has 4 nitrogen and oxygen atoms in total. The van der Waals surface area contributed by atoms with Crippen molar-refractivity contribution in [2.45, 2.75) is 12.8 Å². The van der Waals surface area contributed by atoms with Gasteiger partial charge in [0.2, 0.25) is 10.0 Å². The molecule has 1 aromatic rings. The molecule has 0 aliphatic carbocycles. The summed E-state index contributed by atoms with van der Waals surface area (Å²) in [5.74, 6) is 0.240. The summed E-state index contributed by atoms with van der Waals surface area (Å²) >= 11 is 4.62. The lowest BCUT2D eigenvalue weighted by atomic mass is 10.3. The van der Waals surface area contributed by atoms with Crippen molar-refractivity contribution in [2.75, 3.05) is 16.6 Å². The van der Waals surface area contributed by atoms with Crippen molar-refractivity contribution >= 4 is 42.4 Å². The van der Waals surface area contributed by atoms with Crippen LogP contribution in [-0.4, -0.2) is 25.7 Å². The van der Waals surface area contributed by atoms with E-state index in [0.717, 1.165) is 16.6 Å². The molecule has 0 aromatic carbocycles. The van der Waals surface area contributed by atoms with Crippen LogP contribution < -0.4 is 4.31 Å². The van der Waals surface area contributed by atoms with Crippen molar-refractivity contribution < 1.29 is 8.42 Å². The average Bonchev–Trinajstić information content (AvgIpc) is 2.51. The molecule has 0 bridgehead atoms. The van der Waals surface area contributed by atoms with Crippen molar-refractivity contribution in [1.29, 1.82) is 0 Å². The molecule has 0 N–H and O–H groups in total. The molecule has 0 radical (unpaired) electrons. The second-order valence-corrected chi connectivity index (χ2v) is 7.44. The van der Waals surface area contributed by atoms with Crippen LogP contribution >= 0.6 is 27.3 Å². The Kier molecular flexibility index (Phi) is 2.81. The van der Waals surface area contributed by atoms with Crippen molar-refractivity contribution in [3.8, 4) is 0 Å². The fraction of sp³-hybridized carbons (Fsp3) is 0.571. The van der Waals surface area contributed by atoms with Gasteiger partial charge in [0.05, 0.1) is 15.7 Å². The molecule has 0 spiro atoms. The van der Waals surface area contributed by atoms with E-state index in [1.54, 1.807) is 6.20 Å². The first-order valence-corrected chi connectivity index (χ1v) is 7.43. The van der Waals surface area contributed by atoms with Crippen LogP contribution in [0.5, 0.6) is 0 Å². The number of nitrogens with zero attached hydrogens (tertiary/aromatic N) is 2. The van der Waals surface area contributed by atoms with Crippen molar-refractivity contribution in [1.82, 2.24) is 4.98 Å². The fourth-order valence-corrected chi connectivity index (χ4v) is 4.41. The maximum atomic E-state index is 11.7. The predicted octanol–water partition coefficient (Wildman–Crippen LogP) is 1.84. The van der Waals surface area contributed by atoms with Crippen molar-refractivity contribution in [3.05, 3.63) is 9.98 Å². The Hall–Kier alpha value is -0.140. The Morgan fingerprint density at radius 3 is 2.86 bits per heavy atom. The molecule has 1 fully saturated rings. The fourth-order valence-electron chi connectivity index (χ4n) is 1.36. The molecular formula is C7H9BrN2O2S2. The third-order valence-corrected chi connectivity index (χ3v) is 5.47. The highest BCUT2D eigenvalue weighted by molar-refractivity contribution is 9.11. The lowest BCUT2D eigenvalue weighted by Gasteiger charge is -2.25. The largest absolute Gasteiger partial charge is 0.245 e. The van der Waals surface area contributed by atoms with Gasteiger partial charge < -0.3 is 0 Å². The van der Waals surface area contributed by atoms with Gasteiger partial charge >= 0.3 is 0 Å². The van der Waals surface area contributed by atoms with Crippen LogP contribution in [0.4, 0.5) is 5.13 Å². The van der Waals surface area contributed by atoms with Crippen LogP contribution in [0.1, 0.15) is 12.8 Å². The minimum atomic E-state index is -3.10. The third kappa shape index (κ3) is 1.94. The highest BCUT2D eigenvalue weighted by atomic mass is 79.9. The SMILES string of the molecule is O=S1(=O)CCCCN1c1ncc(Br)s1. The summed E-state index contributed by atoms with van der Waals surface area (Å²) in [5.41, 5.74) is 0. The molecule has 7 heteroatoms. The second kappa shape index (κ2) is 3.79. The number of hydrogen-bond acceptors (Lipinski definition) is 4. The predicted molar refractivity (Wildman–Crippen MR) is 60.2 cm³/mol. The first-order chi connectivity index (χ1) is 6.59. The van der Waals surface area contributed by atoms with Crippen LogP contribution in [-0.2, 0) is 10.0 Å². The molecule has 78 valence electrons. The minimum absolute atomic E-state index is 0.240. The lowest BCUT2D eigenvalue weighted by Crippen LogP contribution is -2.37. The quantitative estimate of drug-likeness (QED) is 0.794. The van der Waals surface area contributed by atoms with Gasteiger partial charge in [0, 0.05) is 6.54 Å². The molecule has 2 heterocycles. The van der Waals surface area contributed by atoms with E-state index in [-0.39, 0.29) is 5.75 Å². The van der Waals surface area contributed by atoms with E-state index in [4.69, 9.17) is 0 Å². The third-order valence-electron chi connectivity index (χ3n) is 2.03.